The second-order valence-electron chi connectivity index (χ2n) is 11.3. The molecule has 6 nitrogen and oxygen atoms in total. The van der Waals surface area contributed by atoms with Crippen molar-refractivity contribution in [2.45, 2.75) is 67.3 Å². The fraction of sp³-hybridized carbons (Fsp3) is 0.552. The predicted molar refractivity (Wildman–Crippen MR) is 147 cm³/mol. The highest BCUT2D eigenvalue weighted by atomic mass is 15.2. The molecule has 1 fully saturated rings. The molecular formula is C29H42N6. The Balaban J connectivity index is 1.80. The van der Waals surface area contributed by atoms with E-state index >= 15 is 0 Å². The third kappa shape index (κ3) is 5.36. The summed E-state index contributed by atoms with van der Waals surface area (Å²) in [5.74, 6) is 3.18. The topological polar surface area (TPSA) is 70.6 Å². The van der Waals surface area contributed by atoms with Crippen molar-refractivity contribution in [2.75, 3.05) is 31.6 Å². The summed E-state index contributed by atoms with van der Waals surface area (Å²) < 4.78 is 0. The fourth-order valence-electron chi connectivity index (χ4n) is 5.35. The van der Waals surface area contributed by atoms with Crippen LogP contribution in [0.1, 0.15) is 62.9 Å². The average molecular weight is 475 g/mol. The number of aliphatic imine (C=N–C) groups is 1. The number of piperidine rings is 1. The molecular weight excluding hydrogens is 432 g/mol. The lowest BCUT2D eigenvalue weighted by atomic mass is 9.84. The van der Waals surface area contributed by atoms with Crippen molar-refractivity contribution in [1.29, 1.82) is 0 Å². The lowest BCUT2D eigenvalue weighted by Gasteiger charge is -2.41. The number of nitrogens with two attached hydrogens (primary N) is 1. The van der Waals surface area contributed by atoms with E-state index in [1.165, 1.54) is 40.8 Å². The highest BCUT2D eigenvalue weighted by Gasteiger charge is 2.32. The maximum Gasteiger partial charge on any atom is 0.162 e. The molecule has 3 heterocycles. The first-order chi connectivity index (χ1) is 16.6. The Bertz CT molecular complexity index is 1120. The first kappa shape index (κ1) is 25.2. The lowest BCUT2D eigenvalue weighted by molar-refractivity contribution is 0.290. The monoisotopic (exact) mass is 474 g/mol. The molecule has 0 amide bonds. The lowest BCUT2D eigenvalue weighted by Crippen LogP contribution is -2.43. The molecule has 188 valence electrons. The van der Waals surface area contributed by atoms with Gasteiger partial charge in [-0.2, -0.15) is 0 Å². The van der Waals surface area contributed by atoms with Crippen LogP contribution in [0.25, 0.3) is 11.4 Å². The molecule has 0 aliphatic carbocycles. The molecule has 35 heavy (non-hydrogen) atoms. The van der Waals surface area contributed by atoms with Crippen molar-refractivity contribution < 1.29 is 0 Å². The van der Waals surface area contributed by atoms with Gasteiger partial charge in [-0.15, -0.1) is 0 Å². The zero-order valence-electron chi connectivity index (χ0n) is 22.6. The Morgan fingerprint density at radius 3 is 2.49 bits per heavy atom. The summed E-state index contributed by atoms with van der Waals surface area (Å²) in [6.45, 7) is 17.0. The van der Waals surface area contributed by atoms with Crippen LogP contribution in [-0.4, -0.2) is 47.4 Å². The van der Waals surface area contributed by atoms with Crippen molar-refractivity contribution in [3.8, 4) is 11.4 Å². The number of aromatic nitrogens is 2. The highest BCUT2D eigenvalue weighted by Crippen LogP contribution is 2.36. The molecule has 4 rings (SSSR count). The number of fused-ring (bicyclic) bond motifs is 1. The van der Waals surface area contributed by atoms with Gasteiger partial charge in [0.05, 0.1) is 5.69 Å². The minimum Gasteiger partial charge on any atom is -0.402 e. The maximum atomic E-state index is 6.30. The van der Waals surface area contributed by atoms with Crippen LogP contribution in [0, 0.1) is 25.2 Å². The summed E-state index contributed by atoms with van der Waals surface area (Å²) in [7, 11) is 1.85. The molecule has 2 aromatic rings. The number of anilines is 1. The predicted octanol–water partition coefficient (Wildman–Crippen LogP) is 5.27. The van der Waals surface area contributed by atoms with Gasteiger partial charge in [-0.3, -0.25) is 4.99 Å². The summed E-state index contributed by atoms with van der Waals surface area (Å²) in [4.78, 5) is 19.9. The first-order valence-corrected chi connectivity index (χ1v) is 13.0. The Hall–Kier alpha value is -2.89. The van der Waals surface area contributed by atoms with Crippen LogP contribution < -0.4 is 10.6 Å². The SMILES string of the molecule is CN=C(C=C(N)C(C)C)N1CCc2nc(-c3c(C)cccc3C)nc(N3CCCC(C)(C)C3)c2C1. The minimum atomic E-state index is 0.271. The van der Waals surface area contributed by atoms with Gasteiger partial charge < -0.3 is 15.5 Å². The quantitative estimate of drug-likeness (QED) is 0.483. The van der Waals surface area contributed by atoms with Gasteiger partial charge in [-0.1, -0.05) is 45.9 Å². The molecule has 2 N–H and O–H groups in total. The molecule has 6 heteroatoms. The van der Waals surface area contributed by atoms with Crippen molar-refractivity contribution >= 4 is 11.7 Å². The van der Waals surface area contributed by atoms with Gasteiger partial charge in [0.2, 0.25) is 0 Å². The van der Waals surface area contributed by atoms with Crippen molar-refractivity contribution in [1.82, 2.24) is 14.9 Å². The van der Waals surface area contributed by atoms with Crippen molar-refractivity contribution in [3.05, 3.63) is 52.4 Å². The van der Waals surface area contributed by atoms with Gasteiger partial charge in [0.25, 0.3) is 0 Å². The van der Waals surface area contributed by atoms with Crippen LogP contribution >= 0.6 is 0 Å². The van der Waals surface area contributed by atoms with E-state index < -0.39 is 0 Å². The summed E-state index contributed by atoms with van der Waals surface area (Å²) in [5.41, 5.74) is 13.5. The maximum absolute atomic E-state index is 6.30. The number of allylic oxidation sites excluding steroid dienone is 1. The summed E-state index contributed by atoms with van der Waals surface area (Å²) in [6, 6.07) is 6.43. The minimum absolute atomic E-state index is 0.271. The number of amidine groups is 1. The van der Waals surface area contributed by atoms with Crippen LogP contribution in [-0.2, 0) is 13.0 Å². The number of benzene rings is 1. The number of aryl methyl sites for hydroxylation is 2. The van der Waals surface area contributed by atoms with Gasteiger partial charge in [0, 0.05) is 56.5 Å². The van der Waals surface area contributed by atoms with Crippen LogP contribution in [0.2, 0.25) is 0 Å². The Kier molecular flexibility index (Phi) is 7.20. The van der Waals surface area contributed by atoms with E-state index in [9.17, 15) is 0 Å². The third-order valence-electron chi connectivity index (χ3n) is 7.46. The molecule has 1 saturated heterocycles. The largest absolute Gasteiger partial charge is 0.402 e. The second-order valence-corrected chi connectivity index (χ2v) is 11.3. The zero-order valence-corrected chi connectivity index (χ0v) is 22.6. The molecule has 1 aromatic heterocycles. The number of nitrogens with zero attached hydrogens (tertiary/aromatic N) is 5. The van der Waals surface area contributed by atoms with Gasteiger partial charge in [-0.05, 0) is 55.2 Å². The molecule has 0 atom stereocenters. The van der Waals surface area contributed by atoms with E-state index in [4.69, 9.17) is 15.7 Å². The number of hydrogen-bond donors (Lipinski definition) is 1. The Morgan fingerprint density at radius 2 is 1.86 bits per heavy atom. The van der Waals surface area contributed by atoms with Gasteiger partial charge in [0.1, 0.15) is 11.7 Å². The standard InChI is InChI=1S/C29H42N6/c1-19(2)23(30)16-25(31-7)34-15-12-24-22(17-34)28(35-14-9-13-29(5,6)18-35)33-27(32-24)26-20(3)10-8-11-21(26)4/h8,10-11,16,19H,9,12-15,17-18,30H2,1-7H3. The zero-order chi connectivity index (χ0) is 25.3. The average Bonchev–Trinajstić information content (AvgIpc) is 2.80. The third-order valence-corrected chi connectivity index (χ3v) is 7.46. The van der Waals surface area contributed by atoms with Crippen LogP contribution in [0.15, 0.2) is 35.0 Å². The van der Waals surface area contributed by atoms with E-state index in [1.807, 2.05) is 13.1 Å². The summed E-state index contributed by atoms with van der Waals surface area (Å²) in [6.07, 6.45) is 5.34. The molecule has 0 unspecified atom stereocenters. The van der Waals surface area contributed by atoms with Gasteiger partial charge in [-0.25, -0.2) is 9.97 Å². The van der Waals surface area contributed by atoms with Gasteiger partial charge >= 0.3 is 0 Å². The van der Waals surface area contributed by atoms with E-state index in [0.717, 1.165) is 55.8 Å². The molecule has 2 aliphatic heterocycles. The molecule has 2 aliphatic rings. The number of rotatable bonds is 4. The van der Waals surface area contributed by atoms with E-state index in [2.05, 4.69) is 74.5 Å². The molecule has 1 aromatic carbocycles. The molecule has 0 radical (unpaired) electrons. The fourth-order valence-corrected chi connectivity index (χ4v) is 5.35. The summed E-state index contributed by atoms with van der Waals surface area (Å²) in [5, 5.41) is 0. The first-order valence-electron chi connectivity index (χ1n) is 13.0. The summed E-state index contributed by atoms with van der Waals surface area (Å²) >= 11 is 0. The Labute approximate surface area is 211 Å². The van der Waals surface area contributed by atoms with E-state index in [1.54, 1.807) is 0 Å². The Morgan fingerprint density at radius 1 is 1.14 bits per heavy atom. The van der Waals surface area contributed by atoms with Crippen LogP contribution in [0.4, 0.5) is 5.82 Å². The van der Waals surface area contributed by atoms with Crippen LogP contribution in [0.5, 0.6) is 0 Å². The number of hydrogen-bond acceptors (Lipinski definition) is 5. The van der Waals surface area contributed by atoms with Crippen molar-refractivity contribution in [3.63, 3.8) is 0 Å². The van der Waals surface area contributed by atoms with Crippen LogP contribution in [0.3, 0.4) is 0 Å². The van der Waals surface area contributed by atoms with E-state index in [-0.39, 0.29) is 5.41 Å². The molecule has 0 spiro atoms. The molecule has 0 bridgehead atoms. The molecule has 0 saturated carbocycles. The smallest absolute Gasteiger partial charge is 0.162 e. The van der Waals surface area contributed by atoms with Gasteiger partial charge in [0.15, 0.2) is 5.82 Å². The van der Waals surface area contributed by atoms with Crippen molar-refractivity contribution in [2.24, 2.45) is 22.1 Å². The normalized spacial score (nSPS) is 18.7. The second kappa shape index (κ2) is 10.00. The highest BCUT2D eigenvalue weighted by molar-refractivity contribution is 5.93. The van der Waals surface area contributed by atoms with E-state index in [0.29, 0.717) is 5.92 Å².